The standard InChI is InChI=1S/C13H18N4O/c1-10(2)9-18-8-7-14-13-15-11-5-3-4-6-12(11)16-17-13/h3-6,10H,7-9H2,1-2H3,(H,14,15,17). The Kier molecular flexibility index (Phi) is 4.41. The van der Waals surface area contributed by atoms with Crippen molar-refractivity contribution in [1.29, 1.82) is 0 Å². The summed E-state index contributed by atoms with van der Waals surface area (Å²) in [5.74, 6) is 1.10. The van der Waals surface area contributed by atoms with E-state index in [0.29, 0.717) is 25.0 Å². The van der Waals surface area contributed by atoms with Gasteiger partial charge in [-0.05, 0) is 18.1 Å². The Morgan fingerprint density at radius 1 is 1.17 bits per heavy atom. The number of aromatic nitrogens is 3. The highest BCUT2D eigenvalue weighted by Crippen LogP contribution is 2.08. The van der Waals surface area contributed by atoms with E-state index in [1.807, 2.05) is 24.3 Å². The molecule has 0 aliphatic heterocycles. The molecule has 2 aromatic rings. The number of hydrogen-bond acceptors (Lipinski definition) is 5. The van der Waals surface area contributed by atoms with Crippen molar-refractivity contribution in [2.24, 2.45) is 5.92 Å². The normalized spacial score (nSPS) is 11.1. The van der Waals surface area contributed by atoms with Crippen LogP contribution in [0.15, 0.2) is 24.3 Å². The predicted molar refractivity (Wildman–Crippen MR) is 71.5 cm³/mol. The zero-order valence-corrected chi connectivity index (χ0v) is 10.8. The fraction of sp³-hybridized carbons (Fsp3) is 0.462. The van der Waals surface area contributed by atoms with Gasteiger partial charge in [0.2, 0.25) is 5.95 Å². The van der Waals surface area contributed by atoms with Crippen LogP contribution in [0.4, 0.5) is 5.95 Å². The van der Waals surface area contributed by atoms with E-state index in [0.717, 1.165) is 17.6 Å². The van der Waals surface area contributed by atoms with Crippen LogP contribution in [0.1, 0.15) is 13.8 Å². The zero-order chi connectivity index (χ0) is 12.8. The van der Waals surface area contributed by atoms with Crippen molar-refractivity contribution in [2.75, 3.05) is 25.1 Å². The molecule has 0 saturated heterocycles. The van der Waals surface area contributed by atoms with Crippen molar-refractivity contribution in [3.63, 3.8) is 0 Å². The molecule has 0 fully saturated rings. The van der Waals surface area contributed by atoms with Crippen LogP contribution in [0.25, 0.3) is 11.0 Å². The van der Waals surface area contributed by atoms with Crippen molar-refractivity contribution in [1.82, 2.24) is 15.2 Å². The number of hydrogen-bond donors (Lipinski definition) is 1. The summed E-state index contributed by atoms with van der Waals surface area (Å²) in [7, 11) is 0. The average molecular weight is 246 g/mol. The van der Waals surface area contributed by atoms with Gasteiger partial charge >= 0.3 is 0 Å². The van der Waals surface area contributed by atoms with Gasteiger partial charge in [-0.15, -0.1) is 10.2 Å². The fourth-order valence-corrected chi connectivity index (χ4v) is 1.51. The minimum Gasteiger partial charge on any atom is -0.379 e. The summed E-state index contributed by atoms with van der Waals surface area (Å²) in [5.41, 5.74) is 1.65. The average Bonchev–Trinajstić information content (AvgIpc) is 2.38. The summed E-state index contributed by atoms with van der Waals surface area (Å²) >= 11 is 0. The molecule has 0 unspecified atom stereocenters. The lowest BCUT2D eigenvalue weighted by molar-refractivity contribution is 0.118. The van der Waals surface area contributed by atoms with E-state index in [1.165, 1.54) is 0 Å². The Labute approximate surface area is 107 Å². The van der Waals surface area contributed by atoms with Gasteiger partial charge in [0.25, 0.3) is 0 Å². The highest BCUT2D eigenvalue weighted by atomic mass is 16.5. The van der Waals surface area contributed by atoms with Crippen LogP contribution in [-0.4, -0.2) is 34.9 Å². The van der Waals surface area contributed by atoms with Crippen LogP contribution in [0.5, 0.6) is 0 Å². The van der Waals surface area contributed by atoms with Crippen LogP contribution in [-0.2, 0) is 4.74 Å². The highest BCUT2D eigenvalue weighted by Gasteiger charge is 2.00. The number of para-hydroxylation sites is 1. The van der Waals surface area contributed by atoms with Crippen molar-refractivity contribution in [3.8, 4) is 0 Å². The second-order valence-corrected chi connectivity index (χ2v) is 4.52. The molecule has 1 N–H and O–H groups in total. The van der Waals surface area contributed by atoms with Gasteiger partial charge in [-0.3, -0.25) is 0 Å². The number of nitrogens with zero attached hydrogens (tertiary/aromatic N) is 3. The Hall–Kier alpha value is -1.75. The van der Waals surface area contributed by atoms with Crippen LogP contribution >= 0.6 is 0 Å². The third-order valence-corrected chi connectivity index (χ3v) is 2.34. The Bertz CT molecular complexity index is 501. The molecule has 0 aliphatic rings. The number of benzene rings is 1. The highest BCUT2D eigenvalue weighted by molar-refractivity contribution is 5.73. The minimum atomic E-state index is 0.543. The fourth-order valence-electron chi connectivity index (χ4n) is 1.51. The quantitative estimate of drug-likeness (QED) is 0.791. The molecule has 1 aromatic carbocycles. The summed E-state index contributed by atoms with van der Waals surface area (Å²) in [5, 5.41) is 11.2. The lowest BCUT2D eigenvalue weighted by atomic mass is 10.2. The van der Waals surface area contributed by atoms with E-state index in [4.69, 9.17) is 4.74 Å². The summed E-state index contributed by atoms with van der Waals surface area (Å²) in [6.07, 6.45) is 0. The van der Waals surface area contributed by atoms with Crippen LogP contribution in [0.2, 0.25) is 0 Å². The SMILES string of the molecule is CC(C)COCCNc1nnc2ccccc2n1. The molecular weight excluding hydrogens is 228 g/mol. The first kappa shape index (κ1) is 12.7. The maximum Gasteiger partial charge on any atom is 0.243 e. The molecule has 2 rings (SSSR count). The molecule has 0 saturated carbocycles. The molecule has 5 nitrogen and oxygen atoms in total. The van der Waals surface area contributed by atoms with Gasteiger partial charge in [-0.25, -0.2) is 4.98 Å². The van der Waals surface area contributed by atoms with E-state index in [-0.39, 0.29) is 0 Å². The van der Waals surface area contributed by atoms with Gasteiger partial charge in [0.05, 0.1) is 12.1 Å². The zero-order valence-electron chi connectivity index (χ0n) is 10.8. The maximum absolute atomic E-state index is 5.47. The van der Waals surface area contributed by atoms with E-state index < -0.39 is 0 Å². The predicted octanol–water partition coefficient (Wildman–Crippen LogP) is 2.11. The largest absolute Gasteiger partial charge is 0.379 e. The monoisotopic (exact) mass is 246 g/mol. The van der Waals surface area contributed by atoms with Crippen LogP contribution in [0.3, 0.4) is 0 Å². The maximum atomic E-state index is 5.47. The molecule has 96 valence electrons. The van der Waals surface area contributed by atoms with E-state index in [2.05, 4.69) is 34.3 Å². The van der Waals surface area contributed by atoms with Gasteiger partial charge < -0.3 is 10.1 Å². The minimum absolute atomic E-state index is 0.543. The summed E-state index contributed by atoms with van der Waals surface area (Å²) in [6, 6.07) is 7.67. The lowest BCUT2D eigenvalue weighted by Gasteiger charge is -2.07. The number of anilines is 1. The molecule has 0 aliphatic carbocycles. The van der Waals surface area contributed by atoms with Gasteiger partial charge in [0, 0.05) is 13.2 Å². The Balaban J connectivity index is 1.84. The lowest BCUT2D eigenvalue weighted by Crippen LogP contribution is -2.14. The van der Waals surface area contributed by atoms with Crippen molar-refractivity contribution < 1.29 is 4.74 Å². The third kappa shape index (κ3) is 3.63. The summed E-state index contributed by atoms with van der Waals surface area (Å²) < 4.78 is 5.47. The molecule has 1 heterocycles. The van der Waals surface area contributed by atoms with E-state index in [1.54, 1.807) is 0 Å². The second-order valence-electron chi connectivity index (χ2n) is 4.52. The van der Waals surface area contributed by atoms with Crippen LogP contribution < -0.4 is 5.32 Å². The molecule has 0 atom stereocenters. The molecule has 1 aromatic heterocycles. The molecule has 0 radical (unpaired) electrons. The number of fused-ring (bicyclic) bond motifs is 1. The summed E-state index contributed by atoms with van der Waals surface area (Å²) in [6.45, 7) is 6.37. The Morgan fingerprint density at radius 3 is 2.72 bits per heavy atom. The molecule has 18 heavy (non-hydrogen) atoms. The number of rotatable bonds is 6. The van der Waals surface area contributed by atoms with Crippen LogP contribution in [0, 0.1) is 5.92 Å². The number of nitrogens with one attached hydrogen (secondary N) is 1. The number of ether oxygens (including phenoxy) is 1. The van der Waals surface area contributed by atoms with Gasteiger partial charge in [0.1, 0.15) is 5.52 Å². The Morgan fingerprint density at radius 2 is 1.94 bits per heavy atom. The third-order valence-electron chi connectivity index (χ3n) is 2.34. The first-order chi connectivity index (χ1) is 8.75. The van der Waals surface area contributed by atoms with E-state index >= 15 is 0 Å². The van der Waals surface area contributed by atoms with Crippen molar-refractivity contribution in [2.45, 2.75) is 13.8 Å². The van der Waals surface area contributed by atoms with Crippen molar-refractivity contribution >= 4 is 17.0 Å². The molecule has 0 amide bonds. The molecule has 0 spiro atoms. The first-order valence-corrected chi connectivity index (χ1v) is 6.17. The van der Waals surface area contributed by atoms with E-state index in [9.17, 15) is 0 Å². The van der Waals surface area contributed by atoms with Gasteiger partial charge in [0.15, 0.2) is 0 Å². The topological polar surface area (TPSA) is 59.9 Å². The molecule has 0 bridgehead atoms. The van der Waals surface area contributed by atoms with Gasteiger partial charge in [-0.1, -0.05) is 26.0 Å². The summed E-state index contributed by atoms with van der Waals surface area (Å²) in [4.78, 5) is 4.37. The molecular formula is C13H18N4O. The smallest absolute Gasteiger partial charge is 0.243 e. The first-order valence-electron chi connectivity index (χ1n) is 6.17. The van der Waals surface area contributed by atoms with Crippen molar-refractivity contribution in [3.05, 3.63) is 24.3 Å². The van der Waals surface area contributed by atoms with Gasteiger partial charge in [-0.2, -0.15) is 0 Å². The molecule has 5 heteroatoms. The second kappa shape index (κ2) is 6.26.